The fraction of sp³-hybridized carbons (Fsp3) is 0.176. The Kier molecular flexibility index (Phi) is 4.52. The zero-order valence-electron chi connectivity index (χ0n) is 12.5. The van der Waals surface area contributed by atoms with Crippen LogP contribution in [0.3, 0.4) is 0 Å². The van der Waals surface area contributed by atoms with Crippen LogP contribution in [0, 0.1) is 0 Å². The number of para-hydroxylation sites is 1. The Bertz CT molecular complexity index is 894. The highest BCUT2D eigenvalue weighted by molar-refractivity contribution is 5.76. The van der Waals surface area contributed by atoms with Gasteiger partial charge in [-0.05, 0) is 29.8 Å². The summed E-state index contributed by atoms with van der Waals surface area (Å²) in [5.41, 5.74) is 0.815. The fourth-order valence-electron chi connectivity index (χ4n) is 2.40. The van der Waals surface area contributed by atoms with Crippen LogP contribution in [-0.2, 0) is 6.54 Å². The predicted octanol–water partition coefficient (Wildman–Crippen LogP) is 2.73. The molecule has 24 heavy (non-hydrogen) atoms. The number of nitrogens with zero attached hydrogens (tertiary/aromatic N) is 2. The highest BCUT2D eigenvalue weighted by Gasteiger charge is 2.12. The second-order valence-electron chi connectivity index (χ2n) is 5.18. The molecular formula is C17H14F2N2O3. The summed E-state index contributed by atoms with van der Waals surface area (Å²) in [5.74, 6) is 0.00508. The molecule has 0 aliphatic carbocycles. The number of ether oxygens (including phenoxy) is 1. The van der Waals surface area contributed by atoms with Gasteiger partial charge in [-0.1, -0.05) is 24.3 Å². The number of benzene rings is 2. The van der Waals surface area contributed by atoms with Gasteiger partial charge in [0.1, 0.15) is 5.75 Å². The minimum Gasteiger partial charge on any atom is -0.435 e. The first kappa shape index (κ1) is 16.1. The molecule has 0 fully saturated rings. The Labute approximate surface area is 135 Å². The molecule has 3 rings (SSSR count). The number of rotatable bonds is 5. The molecule has 0 radical (unpaired) electrons. The largest absolute Gasteiger partial charge is 0.435 e. The number of fused-ring (bicyclic) bond motifs is 1. The number of hydrogen-bond acceptors (Lipinski definition) is 4. The fourth-order valence-corrected chi connectivity index (χ4v) is 2.40. The van der Waals surface area contributed by atoms with Crippen LogP contribution in [0.25, 0.3) is 10.9 Å². The topological polar surface area (TPSA) is 64.4 Å². The molecule has 2 aromatic carbocycles. The lowest BCUT2D eigenvalue weighted by Gasteiger charge is -2.14. The molecule has 0 saturated carbocycles. The van der Waals surface area contributed by atoms with Crippen molar-refractivity contribution in [3.05, 3.63) is 70.8 Å². The van der Waals surface area contributed by atoms with Gasteiger partial charge in [0.25, 0.3) is 5.56 Å². The number of hydrogen-bond donors (Lipinski definition) is 1. The van der Waals surface area contributed by atoms with Crippen LogP contribution in [0.1, 0.15) is 11.7 Å². The highest BCUT2D eigenvalue weighted by atomic mass is 19.3. The standard InChI is InChI=1S/C17H14F2N2O3/c18-17(19)24-12-7-5-11(6-8-12)15(22)9-21-10-20-14-4-2-1-3-13(14)16(21)23/h1-8,10,15,17,22H,9H2. The summed E-state index contributed by atoms with van der Waals surface area (Å²) < 4.78 is 29.8. The molecule has 7 heteroatoms. The quantitative estimate of drug-likeness (QED) is 0.780. The number of aliphatic hydroxyl groups is 1. The van der Waals surface area contributed by atoms with Crippen molar-refractivity contribution in [3.63, 3.8) is 0 Å². The molecule has 0 spiro atoms. The van der Waals surface area contributed by atoms with Gasteiger partial charge in [-0.2, -0.15) is 8.78 Å². The van der Waals surface area contributed by atoms with Crippen molar-refractivity contribution in [2.75, 3.05) is 0 Å². The zero-order valence-corrected chi connectivity index (χ0v) is 12.5. The molecule has 1 atom stereocenters. The van der Waals surface area contributed by atoms with Gasteiger partial charge in [-0.3, -0.25) is 9.36 Å². The average Bonchev–Trinajstić information content (AvgIpc) is 2.57. The van der Waals surface area contributed by atoms with Crippen LogP contribution >= 0.6 is 0 Å². The van der Waals surface area contributed by atoms with E-state index in [0.29, 0.717) is 16.5 Å². The van der Waals surface area contributed by atoms with E-state index < -0.39 is 12.7 Å². The summed E-state index contributed by atoms with van der Waals surface area (Å²) in [6.07, 6.45) is 0.397. The molecule has 0 aliphatic rings. The lowest BCUT2D eigenvalue weighted by atomic mass is 10.1. The lowest BCUT2D eigenvalue weighted by Crippen LogP contribution is -2.23. The predicted molar refractivity (Wildman–Crippen MR) is 84.0 cm³/mol. The van der Waals surface area contributed by atoms with Gasteiger partial charge >= 0.3 is 6.61 Å². The molecule has 124 valence electrons. The smallest absolute Gasteiger partial charge is 0.387 e. The second-order valence-corrected chi connectivity index (χ2v) is 5.18. The second kappa shape index (κ2) is 6.76. The summed E-state index contributed by atoms with van der Waals surface area (Å²) in [6, 6.07) is 12.6. The van der Waals surface area contributed by atoms with Gasteiger partial charge in [-0.15, -0.1) is 0 Å². The monoisotopic (exact) mass is 332 g/mol. The van der Waals surface area contributed by atoms with Crippen molar-refractivity contribution in [3.8, 4) is 5.75 Å². The van der Waals surface area contributed by atoms with Gasteiger partial charge in [0.15, 0.2) is 0 Å². The van der Waals surface area contributed by atoms with Crippen molar-refractivity contribution < 1.29 is 18.6 Å². The van der Waals surface area contributed by atoms with E-state index in [-0.39, 0.29) is 17.9 Å². The molecule has 0 amide bonds. The first-order valence-corrected chi connectivity index (χ1v) is 7.21. The molecule has 0 aliphatic heterocycles. The van der Waals surface area contributed by atoms with Crippen molar-refractivity contribution in [1.82, 2.24) is 9.55 Å². The average molecular weight is 332 g/mol. The minimum atomic E-state index is -2.90. The van der Waals surface area contributed by atoms with Crippen LogP contribution in [0.5, 0.6) is 5.75 Å². The Hall–Kier alpha value is -2.80. The number of aliphatic hydroxyl groups excluding tert-OH is 1. The Morgan fingerprint density at radius 1 is 1.12 bits per heavy atom. The maximum atomic E-state index is 12.4. The first-order chi connectivity index (χ1) is 11.5. The van der Waals surface area contributed by atoms with E-state index in [2.05, 4.69) is 9.72 Å². The van der Waals surface area contributed by atoms with Crippen molar-refractivity contribution in [2.24, 2.45) is 0 Å². The number of alkyl halides is 2. The molecule has 5 nitrogen and oxygen atoms in total. The third kappa shape index (κ3) is 3.41. The van der Waals surface area contributed by atoms with Crippen molar-refractivity contribution in [1.29, 1.82) is 0 Å². The molecule has 1 heterocycles. The van der Waals surface area contributed by atoms with Crippen molar-refractivity contribution in [2.45, 2.75) is 19.3 Å². The van der Waals surface area contributed by atoms with Gasteiger partial charge in [0, 0.05) is 0 Å². The van der Waals surface area contributed by atoms with Gasteiger partial charge in [-0.25, -0.2) is 4.98 Å². The zero-order chi connectivity index (χ0) is 17.1. The van der Waals surface area contributed by atoms with Gasteiger partial charge in [0.05, 0.1) is 29.9 Å². The van der Waals surface area contributed by atoms with Crippen LogP contribution in [-0.4, -0.2) is 21.3 Å². The Balaban J connectivity index is 1.80. The summed E-state index contributed by atoms with van der Waals surface area (Å²) >= 11 is 0. The summed E-state index contributed by atoms with van der Waals surface area (Å²) in [4.78, 5) is 16.6. The molecule has 1 N–H and O–H groups in total. The maximum Gasteiger partial charge on any atom is 0.387 e. The molecule has 1 unspecified atom stereocenters. The van der Waals surface area contributed by atoms with E-state index >= 15 is 0 Å². The van der Waals surface area contributed by atoms with Crippen LogP contribution < -0.4 is 10.3 Å². The van der Waals surface area contributed by atoms with Crippen LogP contribution in [0.2, 0.25) is 0 Å². The van der Waals surface area contributed by atoms with Crippen molar-refractivity contribution >= 4 is 10.9 Å². The maximum absolute atomic E-state index is 12.4. The van der Waals surface area contributed by atoms with Gasteiger partial charge in [0.2, 0.25) is 0 Å². The highest BCUT2D eigenvalue weighted by Crippen LogP contribution is 2.20. The number of aromatic nitrogens is 2. The SMILES string of the molecule is O=c1c2ccccc2ncn1CC(O)c1ccc(OC(F)F)cc1. The molecule has 1 aromatic heterocycles. The van der Waals surface area contributed by atoms with E-state index in [1.165, 1.54) is 35.2 Å². The molecular weight excluding hydrogens is 318 g/mol. The van der Waals surface area contributed by atoms with E-state index in [0.717, 1.165) is 0 Å². The third-order valence-corrected chi connectivity index (χ3v) is 3.59. The lowest BCUT2D eigenvalue weighted by molar-refractivity contribution is -0.0498. The third-order valence-electron chi connectivity index (χ3n) is 3.59. The summed E-state index contributed by atoms with van der Waals surface area (Å²) in [6.45, 7) is -2.89. The van der Waals surface area contributed by atoms with Crippen LogP contribution in [0.15, 0.2) is 59.7 Å². The summed E-state index contributed by atoms with van der Waals surface area (Å²) in [7, 11) is 0. The normalized spacial score (nSPS) is 12.5. The Morgan fingerprint density at radius 3 is 2.54 bits per heavy atom. The number of halogens is 2. The van der Waals surface area contributed by atoms with Crippen LogP contribution in [0.4, 0.5) is 8.78 Å². The van der Waals surface area contributed by atoms with E-state index in [9.17, 15) is 18.7 Å². The first-order valence-electron chi connectivity index (χ1n) is 7.21. The van der Waals surface area contributed by atoms with E-state index in [1.807, 2.05) is 0 Å². The molecule has 0 bridgehead atoms. The Morgan fingerprint density at radius 2 is 1.83 bits per heavy atom. The van der Waals surface area contributed by atoms with E-state index in [4.69, 9.17) is 0 Å². The minimum absolute atomic E-state index is 0.00508. The van der Waals surface area contributed by atoms with E-state index in [1.54, 1.807) is 24.3 Å². The molecule has 3 aromatic rings. The molecule has 0 saturated heterocycles. The van der Waals surface area contributed by atoms with Gasteiger partial charge < -0.3 is 9.84 Å². The summed E-state index contributed by atoms with van der Waals surface area (Å²) in [5, 5.41) is 10.7.